The molecule has 1 atom stereocenters. The summed E-state index contributed by atoms with van der Waals surface area (Å²) in [5.41, 5.74) is 2.85. The molecule has 0 aliphatic heterocycles. The molecule has 2 N–H and O–H groups in total. The van der Waals surface area contributed by atoms with E-state index in [1.807, 2.05) is 31.3 Å². The highest BCUT2D eigenvalue weighted by molar-refractivity contribution is 5.98. The third-order valence-electron chi connectivity index (χ3n) is 5.87. The fourth-order valence-electron chi connectivity index (χ4n) is 3.86. The lowest BCUT2D eigenvalue weighted by Crippen LogP contribution is -2.32. The van der Waals surface area contributed by atoms with Crippen LogP contribution >= 0.6 is 0 Å². The fourth-order valence-corrected chi connectivity index (χ4v) is 3.86. The number of rotatable bonds is 6. The Labute approximate surface area is 187 Å². The van der Waals surface area contributed by atoms with Gasteiger partial charge < -0.3 is 15.1 Å². The van der Waals surface area contributed by atoms with Crippen LogP contribution in [0.1, 0.15) is 90.3 Å². The Morgan fingerprint density at radius 1 is 0.935 bits per heavy atom. The largest absolute Gasteiger partial charge is 0.508 e. The number of aromatic hydroxyl groups is 2. The summed E-state index contributed by atoms with van der Waals surface area (Å²) in [5, 5.41) is 20.7. The molecule has 2 aromatic carbocycles. The standard InChI is InChI=1S/C27H39NO3/c1-9-10-11-21(18-12-14-20(29)15-13-18)25(31)28(8)19-16-22(26(2,3)4)24(30)23(17-19)27(5,6)7/h12-17,21,29-30H,9-11H2,1-8H3. The first-order chi connectivity index (χ1) is 14.3. The molecule has 2 aromatic rings. The first-order valence-electron chi connectivity index (χ1n) is 11.2. The van der Waals surface area contributed by atoms with E-state index in [0.29, 0.717) is 5.75 Å². The summed E-state index contributed by atoms with van der Waals surface area (Å²) >= 11 is 0. The number of anilines is 1. The molecule has 0 aliphatic rings. The molecule has 2 rings (SSSR count). The Balaban J connectivity index is 2.55. The second-order valence-corrected chi connectivity index (χ2v) is 10.6. The van der Waals surface area contributed by atoms with E-state index >= 15 is 0 Å². The first kappa shape index (κ1) is 24.8. The predicted molar refractivity (Wildman–Crippen MR) is 129 cm³/mol. The van der Waals surface area contributed by atoms with Crippen molar-refractivity contribution in [2.75, 3.05) is 11.9 Å². The second kappa shape index (κ2) is 9.33. The van der Waals surface area contributed by atoms with Crippen LogP contribution in [0, 0.1) is 0 Å². The number of phenols is 2. The zero-order valence-electron chi connectivity index (χ0n) is 20.4. The molecular weight excluding hydrogens is 386 g/mol. The van der Waals surface area contributed by atoms with E-state index in [1.54, 1.807) is 17.0 Å². The Hall–Kier alpha value is -2.49. The number of carbonyl (C=O) groups excluding carboxylic acids is 1. The van der Waals surface area contributed by atoms with Crippen LogP contribution in [0.2, 0.25) is 0 Å². The molecule has 0 heterocycles. The molecule has 0 fully saturated rings. The van der Waals surface area contributed by atoms with E-state index in [-0.39, 0.29) is 28.4 Å². The molecule has 0 saturated carbocycles. The maximum Gasteiger partial charge on any atom is 0.234 e. The van der Waals surface area contributed by atoms with Gasteiger partial charge in [-0.3, -0.25) is 4.79 Å². The van der Waals surface area contributed by atoms with E-state index in [2.05, 4.69) is 48.5 Å². The number of phenolic OH excluding ortho intramolecular Hbond substituents is 2. The molecule has 0 bridgehead atoms. The van der Waals surface area contributed by atoms with Crippen LogP contribution in [0.3, 0.4) is 0 Å². The van der Waals surface area contributed by atoms with Crippen molar-refractivity contribution >= 4 is 11.6 Å². The van der Waals surface area contributed by atoms with Gasteiger partial charge in [-0.15, -0.1) is 0 Å². The molecule has 4 heteroatoms. The van der Waals surface area contributed by atoms with E-state index in [0.717, 1.165) is 41.6 Å². The molecule has 0 aromatic heterocycles. The van der Waals surface area contributed by atoms with Gasteiger partial charge in [-0.1, -0.05) is 73.4 Å². The molecule has 0 saturated heterocycles. The van der Waals surface area contributed by atoms with Crippen molar-refractivity contribution in [3.63, 3.8) is 0 Å². The van der Waals surface area contributed by atoms with Crippen molar-refractivity contribution in [3.05, 3.63) is 53.1 Å². The zero-order valence-corrected chi connectivity index (χ0v) is 20.4. The van der Waals surface area contributed by atoms with Crippen molar-refractivity contribution in [2.45, 2.75) is 84.5 Å². The van der Waals surface area contributed by atoms with E-state index in [1.165, 1.54) is 0 Å². The van der Waals surface area contributed by atoms with E-state index < -0.39 is 0 Å². The van der Waals surface area contributed by atoms with Crippen molar-refractivity contribution in [3.8, 4) is 11.5 Å². The summed E-state index contributed by atoms with van der Waals surface area (Å²) in [4.78, 5) is 15.4. The Kier molecular flexibility index (Phi) is 7.46. The molecular formula is C27H39NO3. The van der Waals surface area contributed by atoms with Crippen LogP contribution in [0.15, 0.2) is 36.4 Å². The number of amides is 1. The van der Waals surface area contributed by atoms with Crippen molar-refractivity contribution in [1.82, 2.24) is 0 Å². The lowest BCUT2D eigenvalue weighted by atomic mass is 9.79. The molecule has 31 heavy (non-hydrogen) atoms. The third kappa shape index (κ3) is 5.81. The number of benzene rings is 2. The van der Waals surface area contributed by atoms with Gasteiger partial charge in [0.25, 0.3) is 0 Å². The van der Waals surface area contributed by atoms with Crippen LogP contribution < -0.4 is 4.90 Å². The van der Waals surface area contributed by atoms with Gasteiger partial charge in [-0.05, 0) is 47.1 Å². The van der Waals surface area contributed by atoms with Gasteiger partial charge >= 0.3 is 0 Å². The molecule has 170 valence electrons. The summed E-state index contributed by atoms with van der Waals surface area (Å²) in [6.07, 6.45) is 2.70. The number of likely N-dealkylation sites (N-methyl/N-ethyl adjacent to an activating group) is 1. The number of hydrogen-bond donors (Lipinski definition) is 2. The summed E-state index contributed by atoms with van der Waals surface area (Å²) in [5.74, 6) is 0.243. The Morgan fingerprint density at radius 2 is 1.42 bits per heavy atom. The highest BCUT2D eigenvalue weighted by Crippen LogP contribution is 2.42. The van der Waals surface area contributed by atoms with E-state index in [9.17, 15) is 15.0 Å². The normalized spacial score (nSPS) is 13.2. The average Bonchev–Trinajstić information content (AvgIpc) is 2.67. The molecule has 1 amide bonds. The van der Waals surface area contributed by atoms with Crippen LogP contribution in [-0.2, 0) is 15.6 Å². The zero-order chi connectivity index (χ0) is 23.6. The quantitative estimate of drug-likeness (QED) is 0.546. The number of unbranched alkanes of at least 4 members (excludes halogenated alkanes) is 1. The number of nitrogens with zero attached hydrogens (tertiary/aromatic N) is 1. The van der Waals surface area contributed by atoms with Gasteiger partial charge in [-0.25, -0.2) is 0 Å². The lowest BCUT2D eigenvalue weighted by Gasteiger charge is -2.31. The van der Waals surface area contributed by atoms with Gasteiger partial charge in [0.05, 0.1) is 5.92 Å². The maximum absolute atomic E-state index is 13.6. The van der Waals surface area contributed by atoms with Gasteiger partial charge in [0.2, 0.25) is 5.91 Å². The second-order valence-electron chi connectivity index (χ2n) is 10.6. The molecule has 0 aliphatic carbocycles. The number of hydrogen-bond acceptors (Lipinski definition) is 3. The minimum absolute atomic E-state index is 0.0181. The summed E-state index contributed by atoms with van der Waals surface area (Å²) in [7, 11) is 1.81. The highest BCUT2D eigenvalue weighted by Gasteiger charge is 2.30. The lowest BCUT2D eigenvalue weighted by molar-refractivity contribution is -0.119. The molecule has 0 radical (unpaired) electrons. The van der Waals surface area contributed by atoms with Crippen LogP contribution in [0.4, 0.5) is 5.69 Å². The van der Waals surface area contributed by atoms with Crippen LogP contribution in [-0.4, -0.2) is 23.2 Å². The predicted octanol–water partition coefficient (Wildman–Crippen LogP) is 6.63. The van der Waals surface area contributed by atoms with E-state index in [4.69, 9.17) is 0 Å². The minimum Gasteiger partial charge on any atom is -0.508 e. The Morgan fingerprint density at radius 3 is 1.84 bits per heavy atom. The van der Waals surface area contributed by atoms with Crippen LogP contribution in [0.5, 0.6) is 11.5 Å². The maximum atomic E-state index is 13.6. The smallest absolute Gasteiger partial charge is 0.234 e. The summed E-state index contributed by atoms with van der Waals surface area (Å²) in [6, 6.07) is 10.8. The van der Waals surface area contributed by atoms with Crippen molar-refractivity contribution in [1.29, 1.82) is 0 Å². The molecule has 4 nitrogen and oxygen atoms in total. The average molecular weight is 426 g/mol. The van der Waals surface area contributed by atoms with Gasteiger partial charge in [0.15, 0.2) is 0 Å². The van der Waals surface area contributed by atoms with Crippen molar-refractivity contribution < 1.29 is 15.0 Å². The third-order valence-corrected chi connectivity index (χ3v) is 5.87. The molecule has 0 spiro atoms. The van der Waals surface area contributed by atoms with Gasteiger partial charge in [0.1, 0.15) is 11.5 Å². The van der Waals surface area contributed by atoms with Gasteiger partial charge in [-0.2, -0.15) is 0 Å². The van der Waals surface area contributed by atoms with Crippen LogP contribution in [0.25, 0.3) is 0 Å². The first-order valence-corrected chi connectivity index (χ1v) is 11.2. The Bertz CT molecular complexity index is 867. The fraction of sp³-hybridized carbons (Fsp3) is 0.519. The summed E-state index contributed by atoms with van der Waals surface area (Å²) < 4.78 is 0. The summed E-state index contributed by atoms with van der Waals surface area (Å²) in [6.45, 7) is 14.5. The van der Waals surface area contributed by atoms with Crippen molar-refractivity contribution in [2.24, 2.45) is 0 Å². The monoisotopic (exact) mass is 425 g/mol. The topological polar surface area (TPSA) is 60.8 Å². The minimum atomic E-state index is -0.282. The SMILES string of the molecule is CCCCC(C(=O)N(C)c1cc(C(C)(C)C)c(O)c(C(C)(C)C)c1)c1ccc(O)cc1. The molecule has 1 unspecified atom stereocenters. The number of carbonyl (C=O) groups is 1. The highest BCUT2D eigenvalue weighted by atomic mass is 16.3. The van der Waals surface area contributed by atoms with Gasteiger partial charge in [0, 0.05) is 23.9 Å².